The molecular weight excluding hydrogens is 331 g/mol. The minimum Gasteiger partial charge on any atom is -0.465 e. The summed E-state index contributed by atoms with van der Waals surface area (Å²) in [5.74, 6) is -0.524. The molecule has 0 bridgehead atoms. The highest BCUT2D eigenvalue weighted by Gasteiger charge is 2.20. The smallest absolute Gasteiger partial charge is 0.338 e. The molecule has 3 nitrogen and oxygen atoms in total. The number of thiol groups is 1. The number of methoxy groups -OCH3 is 1. The zero-order valence-electron chi connectivity index (χ0n) is 10.9. The molecule has 0 heterocycles. The van der Waals surface area contributed by atoms with Crippen LogP contribution in [0.1, 0.15) is 20.7 Å². The van der Waals surface area contributed by atoms with Crippen LogP contribution in [-0.2, 0) is 4.74 Å². The Hall–Kier alpha value is -1.49. The zero-order valence-corrected chi connectivity index (χ0v) is 13.3. The number of carbonyl (C=O) groups excluding carboxylic acids is 2. The van der Waals surface area contributed by atoms with Gasteiger partial charge in [0.2, 0.25) is 0 Å². The molecule has 0 aromatic heterocycles. The third-order valence-electron chi connectivity index (χ3n) is 2.97. The predicted molar refractivity (Wildman–Crippen MR) is 85.9 cm³/mol. The van der Waals surface area contributed by atoms with E-state index in [0.29, 0.717) is 27.9 Å². The highest BCUT2D eigenvalue weighted by atomic mass is 35.5. The topological polar surface area (TPSA) is 43.4 Å². The maximum Gasteiger partial charge on any atom is 0.338 e. The average Bonchev–Trinajstić information content (AvgIpc) is 2.49. The largest absolute Gasteiger partial charge is 0.465 e. The van der Waals surface area contributed by atoms with Gasteiger partial charge in [0.15, 0.2) is 6.29 Å². The highest BCUT2D eigenvalue weighted by molar-refractivity contribution is 7.80. The van der Waals surface area contributed by atoms with Crippen LogP contribution < -0.4 is 0 Å². The summed E-state index contributed by atoms with van der Waals surface area (Å²) >= 11 is 16.3. The number of halogens is 2. The summed E-state index contributed by atoms with van der Waals surface area (Å²) in [4.78, 5) is 23.8. The molecule has 2 aromatic carbocycles. The number of hydrogen-bond acceptors (Lipinski definition) is 4. The fraction of sp³-hybridized carbons (Fsp3) is 0.0667. The first-order valence-electron chi connectivity index (χ1n) is 5.85. The van der Waals surface area contributed by atoms with Gasteiger partial charge in [-0.25, -0.2) is 4.79 Å². The van der Waals surface area contributed by atoms with Gasteiger partial charge in [-0.15, -0.1) is 12.6 Å². The Kier molecular flexibility index (Phi) is 4.93. The lowest BCUT2D eigenvalue weighted by Gasteiger charge is -2.14. The summed E-state index contributed by atoms with van der Waals surface area (Å²) in [6.07, 6.45) is 0.602. The van der Waals surface area contributed by atoms with Crippen molar-refractivity contribution in [1.29, 1.82) is 0 Å². The Labute approximate surface area is 137 Å². The lowest BCUT2D eigenvalue weighted by Crippen LogP contribution is -2.05. The number of rotatable bonds is 3. The molecular formula is C15H10Cl2O3S. The van der Waals surface area contributed by atoms with Gasteiger partial charge in [-0.05, 0) is 23.8 Å². The van der Waals surface area contributed by atoms with Crippen LogP contribution in [0, 0.1) is 0 Å². The summed E-state index contributed by atoms with van der Waals surface area (Å²) in [5, 5.41) is 0.398. The van der Waals surface area contributed by atoms with Gasteiger partial charge in [-0.3, -0.25) is 4.79 Å². The van der Waals surface area contributed by atoms with E-state index in [9.17, 15) is 9.59 Å². The van der Waals surface area contributed by atoms with Crippen molar-refractivity contribution >= 4 is 48.1 Å². The van der Waals surface area contributed by atoms with Gasteiger partial charge in [0.25, 0.3) is 0 Å². The number of benzene rings is 2. The number of carbonyl (C=O) groups is 2. The summed E-state index contributed by atoms with van der Waals surface area (Å²) in [6.45, 7) is 0. The Bertz CT molecular complexity index is 729. The molecule has 0 aliphatic carbocycles. The van der Waals surface area contributed by atoms with Crippen LogP contribution in [0.2, 0.25) is 10.0 Å². The Morgan fingerprint density at radius 2 is 1.95 bits per heavy atom. The van der Waals surface area contributed by atoms with E-state index in [1.54, 1.807) is 30.3 Å². The fourth-order valence-corrected chi connectivity index (χ4v) is 2.70. The van der Waals surface area contributed by atoms with E-state index in [4.69, 9.17) is 27.9 Å². The third kappa shape index (κ3) is 2.93. The quantitative estimate of drug-likeness (QED) is 0.506. The molecule has 0 saturated carbocycles. The second-order valence-corrected chi connectivity index (χ2v) is 5.40. The maximum atomic E-state index is 11.9. The van der Waals surface area contributed by atoms with Crippen molar-refractivity contribution in [1.82, 2.24) is 0 Å². The van der Waals surface area contributed by atoms with Crippen molar-refractivity contribution in [2.75, 3.05) is 7.11 Å². The highest BCUT2D eigenvalue weighted by Crippen LogP contribution is 2.37. The summed E-state index contributed by atoms with van der Waals surface area (Å²) in [5.41, 5.74) is 1.46. The molecule has 0 saturated heterocycles. The molecule has 0 radical (unpaired) electrons. The third-order valence-corrected chi connectivity index (χ3v) is 4.16. The van der Waals surface area contributed by atoms with E-state index in [1.165, 1.54) is 7.11 Å². The van der Waals surface area contributed by atoms with E-state index in [-0.39, 0.29) is 15.6 Å². The van der Waals surface area contributed by atoms with Gasteiger partial charge < -0.3 is 4.74 Å². The van der Waals surface area contributed by atoms with Crippen molar-refractivity contribution in [2.24, 2.45) is 0 Å². The van der Waals surface area contributed by atoms with Gasteiger partial charge in [0.05, 0.1) is 22.7 Å². The fourth-order valence-electron chi connectivity index (χ4n) is 2.00. The minimum absolute atomic E-state index is 0.136. The van der Waals surface area contributed by atoms with Crippen LogP contribution in [0.25, 0.3) is 11.1 Å². The molecule has 6 heteroatoms. The summed E-state index contributed by atoms with van der Waals surface area (Å²) in [7, 11) is 1.28. The second kappa shape index (κ2) is 6.52. The number of esters is 1. The first-order chi connectivity index (χ1) is 10.0. The Balaban J connectivity index is 2.82. The first kappa shape index (κ1) is 15.9. The molecule has 0 aliphatic heterocycles. The molecule has 108 valence electrons. The van der Waals surface area contributed by atoms with Crippen molar-refractivity contribution in [3.8, 4) is 11.1 Å². The second-order valence-electron chi connectivity index (χ2n) is 4.13. The Morgan fingerprint density at radius 3 is 2.57 bits per heavy atom. The maximum absolute atomic E-state index is 11.9. The SMILES string of the molecule is COC(=O)c1cccc(S)c1-c1ccc(Cl)c(Cl)c1C=O. The predicted octanol–water partition coefficient (Wildman–Crippen LogP) is 4.55. The number of aldehydes is 1. The van der Waals surface area contributed by atoms with Crippen molar-refractivity contribution in [2.45, 2.75) is 4.90 Å². The lowest BCUT2D eigenvalue weighted by molar-refractivity contribution is 0.0601. The molecule has 0 N–H and O–H groups in total. The standard InChI is InChI=1S/C15H10Cl2O3S/c1-20-15(19)9-3-2-4-12(21)13(9)8-5-6-11(16)14(17)10(8)7-18/h2-7,21H,1H3. The van der Waals surface area contributed by atoms with E-state index < -0.39 is 5.97 Å². The van der Waals surface area contributed by atoms with Crippen molar-refractivity contribution in [3.63, 3.8) is 0 Å². The molecule has 0 atom stereocenters. The van der Waals surface area contributed by atoms with Gasteiger partial charge in [0.1, 0.15) is 0 Å². The van der Waals surface area contributed by atoms with Crippen LogP contribution in [-0.4, -0.2) is 19.4 Å². The summed E-state index contributed by atoms with van der Waals surface area (Å²) < 4.78 is 4.76. The van der Waals surface area contributed by atoms with Crippen LogP contribution in [0.5, 0.6) is 0 Å². The Morgan fingerprint density at radius 1 is 1.24 bits per heavy atom. The summed E-state index contributed by atoms with van der Waals surface area (Å²) in [6, 6.07) is 8.17. The molecule has 0 spiro atoms. The first-order valence-corrected chi connectivity index (χ1v) is 7.05. The molecule has 0 unspecified atom stereocenters. The van der Waals surface area contributed by atoms with E-state index >= 15 is 0 Å². The van der Waals surface area contributed by atoms with E-state index in [1.807, 2.05) is 0 Å². The van der Waals surface area contributed by atoms with Crippen molar-refractivity contribution < 1.29 is 14.3 Å². The number of ether oxygens (including phenoxy) is 1. The van der Waals surface area contributed by atoms with Gasteiger partial charge in [-0.1, -0.05) is 35.3 Å². The van der Waals surface area contributed by atoms with Gasteiger partial charge in [0, 0.05) is 16.0 Å². The monoisotopic (exact) mass is 340 g/mol. The van der Waals surface area contributed by atoms with Crippen molar-refractivity contribution in [3.05, 3.63) is 51.5 Å². The van der Waals surface area contributed by atoms with E-state index in [0.717, 1.165) is 0 Å². The zero-order chi connectivity index (χ0) is 15.6. The van der Waals surface area contributed by atoms with E-state index in [2.05, 4.69) is 12.6 Å². The molecule has 21 heavy (non-hydrogen) atoms. The molecule has 2 rings (SSSR count). The van der Waals surface area contributed by atoms with Crippen LogP contribution in [0.15, 0.2) is 35.2 Å². The molecule has 0 amide bonds. The lowest BCUT2D eigenvalue weighted by atomic mass is 9.95. The van der Waals surface area contributed by atoms with Crippen LogP contribution in [0.4, 0.5) is 0 Å². The van der Waals surface area contributed by atoms with Crippen LogP contribution in [0.3, 0.4) is 0 Å². The normalized spacial score (nSPS) is 10.3. The minimum atomic E-state index is -0.524. The van der Waals surface area contributed by atoms with Crippen LogP contribution >= 0.6 is 35.8 Å². The number of hydrogen-bond donors (Lipinski definition) is 1. The molecule has 0 aliphatic rings. The van der Waals surface area contributed by atoms with Gasteiger partial charge in [-0.2, -0.15) is 0 Å². The molecule has 2 aromatic rings. The van der Waals surface area contributed by atoms with Gasteiger partial charge >= 0.3 is 5.97 Å². The average molecular weight is 341 g/mol. The molecule has 0 fully saturated rings.